The van der Waals surface area contributed by atoms with Crippen LogP contribution in [0.5, 0.6) is 0 Å². The highest BCUT2D eigenvalue weighted by atomic mass is 35.5. The number of rotatable bonds is 7. The summed E-state index contributed by atoms with van der Waals surface area (Å²) < 4.78 is 13.9. The molecule has 0 aromatic heterocycles. The molecule has 0 aliphatic heterocycles. The quantitative estimate of drug-likeness (QED) is 0.437. The second-order valence-corrected chi connectivity index (χ2v) is 6.29. The topological polar surface area (TPSA) is 82.1 Å². The molecule has 2 aromatic rings. The van der Waals surface area contributed by atoms with Crippen molar-refractivity contribution in [2.75, 3.05) is 17.4 Å². The molecule has 0 bridgehead atoms. The van der Waals surface area contributed by atoms with Crippen molar-refractivity contribution < 1.29 is 18.8 Å². The molecule has 0 heterocycles. The molecule has 7 nitrogen and oxygen atoms in total. The zero-order valence-corrected chi connectivity index (χ0v) is 16.0. The molecule has 0 fully saturated rings. The van der Waals surface area contributed by atoms with Crippen LogP contribution in [0.3, 0.4) is 0 Å². The molecule has 0 aliphatic rings. The summed E-state index contributed by atoms with van der Waals surface area (Å²) in [6.45, 7) is 1.37. The second-order valence-electron chi connectivity index (χ2n) is 5.86. The Morgan fingerprint density at radius 1 is 1.25 bits per heavy atom. The summed E-state index contributed by atoms with van der Waals surface area (Å²) in [5.41, 5.74) is 1.13. The van der Waals surface area contributed by atoms with Gasteiger partial charge < -0.3 is 10.2 Å². The van der Waals surface area contributed by atoms with Crippen LogP contribution in [0.15, 0.2) is 47.6 Å². The fourth-order valence-electron chi connectivity index (χ4n) is 2.28. The first kappa shape index (κ1) is 21.0. The van der Waals surface area contributed by atoms with E-state index in [1.165, 1.54) is 43.1 Å². The molecule has 0 aliphatic carbocycles. The SMILES string of the molecule is CC(=O)Nc1cccc(N(C=O)/N=C\C(=O)N(C)Cc2ccc(Cl)cc2F)c1. The van der Waals surface area contributed by atoms with Gasteiger partial charge >= 0.3 is 0 Å². The van der Waals surface area contributed by atoms with E-state index in [0.717, 1.165) is 11.2 Å². The summed E-state index contributed by atoms with van der Waals surface area (Å²) in [6, 6.07) is 10.6. The van der Waals surface area contributed by atoms with Crippen LogP contribution in [0.1, 0.15) is 12.5 Å². The third-order valence-corrected chi connectivity index (χ3v) is 3.86. The fraction of sp³-hybridized carbons (Fsp3) is 0.158. The lowest BCUT2D eigenvalue weighted by atomic mass is 10.2. The van der Waals surface area contributed by atoms with Crippen LogP contribution in [0.4, 0.5) is 15.8 Å². The van der Waals surface area contributed by atoms with Gasteiger partial charge in [0.15, 0.2) is 0 Å². The van der Waals surface area contributed by atoms with Crippen LogP contribution in [0.25, 0.3) is 0 Å². The number of amides is 3. The molecule has 0 spiro atoms. The molecule has 3 amide bonds. The lowest BCUT2D eigenvalue weighted by molar-refractivity contribution is -0.123. The van der Waals surface area contributed by atoms with E-state index in [1.54, 1.807) is 18.2 Å². The highest BCUT2D eigenvalue weighted by molar-refractivity contribution is 6.30. The Morgan fingerprint density at radius 3 is 2.64 bits per heavy atom. The zero-order chi connectivity index (χ0) is 20.7. The molecule has 0 radical (unpaired) electrons. The van der Waals surface area contributed by atoms with Crippen LogP contribution in [0.2, 0.25) is 5.02 Å². The second kappa shape index (κ2) is 9.61. The molecule has 1 N–H and O–H groups in total. The van der Waals surface area contributed by atoms with E-state index in [0.29, 0.717) is 23.3 Å². The van der Waals surface area contributed by atoms with E-state index in [4.69, 9.17) is 11.6 Å². The number of hydrogen-bond donors (Lipinski definition) is 1. The maximum Gasteiger partial charge on any atom is 0.266 e. The minimum Gasteiger partial charge on any atom is -0.336 e. The highest BCUT2D eigenvalue weighted by Gasteiger charge is 2.12. The third-order valence-electron chi connectivity index (χ3n) is 3.62. The number of hydrogen-bond acceptors (Lipinski definition) is 4. The summed E-state index contributed by atoms with van der Waals surface area (Å²) in [6.07, 6.45) is 1.38. The molecule has 2 rings (SSSR count). The van der Waals surface area contributed by atoms with E-state index < -0.39 is 11.7 Å². The summed E-state index contributed by atoms with van der Waals surface area (Å²) in [5.74, 6) is -1.31. The number of nitrogens with zero attached hydrogens (tertiary/aromatic N) is 3. The van der Waals surface area contributed by atoms with Gasteiger partial charge in [-0.25, -0.2) is 9.40 Å². The summed E-state index contributed by atoms with van der Waals surface area (Å²) in [4.78, 5) is 35.9. The van der Waals surface area contributed by atoms with E-state index in [1.807, 2.05) is 0 Å². The van der Waals surface area contributed by atoms with Crippen molar-refractivity contribution in [1.82, 2.24) is 4.90 Å². The van der Waals surface area contributed by atoms with E-state index in [2.05, 4.69) is 10.4 Å². The van der Waals surface area contributed by atoms with Gasteiger partial charge in [-0.2, -0.15) is 5.10 Å². The van der Waals surface area contributed by atoms with Crippen molar-refractivity contribution in [2.45, 2.75) is 13.5 Å². The summed E-state index contributed by atoms with van der Waals surface area (Å²) in [5, 5.41) is 7.65. The monoisotopic (exact) mass is 404 g/mol. The molecule has 2 aromatic carbocycles. The zero-order valence-electron chi connectivity index (χ0n) is 15.2. The van der Waals surface area contributed by atoms with Crippen molar-refractivity contribution in [1.29, 1.82) is 0 Å². The van der Waals surface area contributed by atoms with Crippen molar-refractivity contribution in [3.05, 3.63) is 58.9 Å². The maximum atomic E-state index is 13.9. The van der Waals surface area contributed by atoms with E-state index >= 15 is 0 Å². The van der Waals surface area contributed by atoms with Gasteiger partial charge in [0.1, 0.15) is 12.0 Å². The Hall–Kier alpha value is -3.26. The normalized spacial score (nSPS) is 10.6. The number of anilines is 2. The van der Waals surface area contributed by atoms with Crippen LogP contribution >= 0.6 is 11.6 Å². The molecular formula is C19H18ClFN4O3. The van der Waals surface area contributed by atoms with Gasteiger partial charge in [-0.1, -0.05) is 23.7 Å². The predicted molar refractivity (Wildman–Crippen MR) is 106 cm³/mol. The Kier molecular flexibility index (Phi) is 7.22. The van der Waals surface area contributed by atoms with Crippen LogP contribution in [-0.4, -0.2) is 36.4 Å². The lowest BCUT2D eigenvalue weighted by Crippen LogP contribution is -2.28. The smallest absolute Gasteiger partial charge is 0.266 e. The summed E-state index contributed by atoms with van der Waals surface area (Å²) in [7, 11) is 1.48. The molecular weight excluding hydrogens is 387 g/mol. The first-order valence-corrected chi connectivity index (χ1v) is 8.53. The largest absolute Gasteiger partial charge is 0.336 e. The molecule has 0 atom stereocenters. The molecule has 9 heteroatoms. The van der Waals surface area contributed by atoms with Gasteiger partial charge in [0, 0.05) is 36.8 Å². The molecule has 146 valence electrons. The van der Waals surface area contributed by atoms with Crippen LogP contribution in [0, 0.1) is 5.82 Å². The molecule has 0 saturated heterocycles. The van der Waals surface area contributed by atoms with Gasteiger partial charge in [-0.15, -0.1) is 0 Å². The van der Waals surface area contributed by atoms with Crippen molar-refractivity contribution >= 4 is 47.4 Å². The van der Waals surface area contributed by atoms with Crippen LogP contribution in [-0.2, 0) is 20.9 Å². The van der Waals surface area contributed by atoms with E-state index in [9.17, 15) is 18.8 Å². The minimum atomic E-state index is -0.529. The number of hydrazone groups is 1. The van der Waals surface area contributed by atoms with Crippen molar-refractivity contribution in [3.63, 3.8) is 0 Å². The lowest BCUT2D eigenvalue weighted by Gasteiger charge is -2.16. The third kappa shape index (κ3) is 5.88. The average Bonchev–Trinajstić information content (AvgIpc) is 2.64. The number of halogens is 2. The fourth-order valence-corrected chi connectivity index (χ4v) is 2.44. The van der Waals surface area contributed by atoms with Gasteiger partial charge in [0.25, 0.3) is 5.91 Å². The molecule has 0 saturated carbocycles. The molecule has 0 unspecified atom stereocenters. The number of carbonyl (C=O) groups excluding carboxylic acids is 3. The van der Waals surface area contributed by atoms with Gasteiger partial charge in [0.2, 0.25) is 12.3 Å². The predicted octanol–water partition coefficient (Wildman–Crippen LogP) is 3.04. The Labute approximate surface area is 166 Å². The van der Waals surface area contributed by atoms with Crippen LogP contribution < -0.4 is 10.3 Å². The van der Waals surface area contributed by atoms with E-state index in [-0.39, 0.29) is 17.5 Å². The summed E-state index contributed by atoms with van der Waals surface area (Å²) >= 11 is 5.71. The van der Waals surface area contributed by atoms with Gasteiger partial charge in [-0.3, -0.25) is 14.4 Å². The standard InChI is InChI=1S/C19H18ClFN4O3/c1-13(27)23-16-4-3-5-17(9-16)25(12-26)22-10-19(28)24(2)11-14-6-7-15(20)8-18(14)21/h3-10,12H,11H2,1-2H3,(H,23,27)/b22-10-. The highest BCUT2D eigenvalue weighted by Crippen LogP contribution is 2.19. The van der Waals surface area contributed by atoms with Crippen molar-refractivity contribution in [3.8, 4) is 0 Å². The first-order chi connectivity index (χ1) is 13.3. The Morgan fingerprint density at radius 2 is 2.00 bits per heavy atom. The Bertz CT molecular complexity index is 920. The average molecular weight is 405 g/mol. The Balaban J connectivity index is 2.08. The first-order valence-electron chi connectivity index (χ1n) is 8.15. The number of benzene rings is 2. The number of nitrogens with one attached hydrogen (secondary N) is 1. The molecule has 28 heavy (non-hydrogen) atoms. The minimum absolute atomic E-state index is 0.00691. The number of carbonyl (C=O) groups is 3. The van der Waals surface area contributed by atoms with Gasteiger partial charge in [0.05, 0.1) is 5.69 Å². The maximum absolute atomic E-state index is 13.9. The van der Waals surface area contributed by atoms with Gasteiger partial charge in [-0.05, 0) is 30.3 Å². The van der Waals surface area contributed by atoms with Crippen molar-refractivity contribution in [2.24, 2.45) is 5.10 Å².